The van der Waals surface area contributed by atoms with Gasteiger partial charge in [0.25, 0.3) is 0 Å². The Bertz CT molecular complexity index is 918. The van der Waals surface area contributed by atoms with Crippen molar-refractivity contribution in [2.75, 3.05) is 18.0 Å². The minimum atomic E-state index is 0.689. The number of benzene rings is 1. The standard InChI is InChI=1S/C23H28N4/c1-2-20-21(12-15-27-22(16-17-8-9-17)24-25-23(20)27)26-13-10-19(11-14-26)18-6-4-3-5-7-18/h3-7,12,15,17,19H,2,8-11,13-14,16H2,1H3. The van der Waals surface area contributed by atoms with Crippen molar-refractivity contribution in [1.29, 1.82) is 0 Å². The number of aryl methyl sites for hydroxylation is 1. The first-order chi connectivity index (χ1) is 13.3. The van der Waals surface area contributed by atoms with E-state index in [1.54, 1.807) is 0 Å². The predicted molar refractivity (Wildman–Crippen MR) is 109 cm³/mol. The van der Waals surface area contributed by atoms with Crippen LogP contribution in [0.3, 0.4) is 0 Å². The summed E-state index contributed by atoms with van der Waals surface area (Å²) < 4.78 is 2.23. The van der Waals surface area contributed by atoms with Crippen LogP contribution in [0.5, 0.6) is 0 Å². The number of rotatable bonds is 5. The van der Waals surface area contributed by atoms with Gasteiger partial charge in [-0.1, -0.05) is 37.3 Å². The first-order valence-corrected chi connectivity index (χ1v) is 10.5. The van der Waals surface area contributed by atoms with Gasteiger partial charge in [0.1, 0.15) is 5.82 Å². The maximum absolute atomic E-state index is 4.57. The van der Waals surface area contributed by atoms with E-state index in [2.05, 4.69) is 69.0 Å². The third kappa shape index (κ3) is 3.22. The molecule has 5 rings (SSSR count). The number of aromatic nitrogens is 3. The van der Waals surface area contributed by atoms with Crippen LogP contribution in [0.4, 0.5) is 5.69 Å². The largest absolute Gasteiger partial charge is 0.371 e. The van der Waals surface area contributed by atoms with Crippen molar-refractivity contribution in [1.82, 2.24) is 14.6 Å². The summed E-state index contributed by atoms with van der Waals surface area (Å²) in [6, 6.07) is 13.3. The first-order valence-electron chi connectivity index (χ1n) is 10.5. The predicted octanol–water partition coefficient (Wildman–Crippen LogP) is 4.63. The van der Waals surface area contributed by atoms with Gasteiger partial charge >= 0.3 is 0 Å². The van der Waals surface area contributed by atoms with E-state index in [4.69, 9.17) is 0 Å². The molecule has 1 aliphatic heterocycles. The Kier molecular flexibility index (Phi) is 4.35. The molecule has 0 N–H and O–H groups in total. The third-order valence-corrected chi connectivity index (χ3v) is 6.36. The quantitative estimate of drug-likeness (QED) is 0.665. The van der Waals surface area contributed by atoms with Gasteiger partial charge in [-0.05, 0) is 55.6 Å². The van der Waals surface area contributed by atoms with Crippen LogP contribution in [0.15, 0.2) is 42.6 Å². The molecule has 27 heavy (non-hydrogen) atoms. The minimum absolute atomic E-state index is 0.689. The molecule has 1 saturated heterocycles. The molecule has 0 atom stereocenters. The number of pyridine rings is 1. The van der Waals surface area contributed by atoms with Gasteiger partial charge in [-0.3, -0.25) is 4.40 Å². The molecule has 3 heterocycles. The average Bonchev–Trinajstić information content (AvgIpc) is 3.46. The fraction of sp³-hybridized carbons (Fsp3) is 0.478. The number of fused-ring (bicyclic) bond motifs is 1. The Morgan fingerprint density at radius 3 is 2.44 bits per heavy atom. The molecule has 0 spiro atoms. The summed E-state index contributed by atoms with van der Waals surface area (Å²) >= 11 is 0. The highest BCUT2D eigenvalue weighted by Crippen LogP contribution is 2.35. The lowest BCUT2D eigenvalue weighted by atomic mass is 9.89. The second-order valence-electron chi connectivity index (χ2n) is 8.16. The normalized spacial score (nSPS) is 18.3. The molecule has 0 amide bonds. The molecule has 2 aliphatic rings. The monoisotopic (exact) mass is 360 g/mol. The van der Waals surface area contributed by atoms with Crippen molar-refractivity contribution in [3.63, 3.8) is 0 Å². The lowest BCUT2D eigenvalue weighted by molar-refractivity contribution is 0.504. The summed E-state index contributed by atoms with van der Waals surface area (Å²) in [6.07, 6.45) is 9.42. The Morgan fingerprint density at radius 1 is 0.963 bits per heavy atom. The molecule has 4 nitrogen and oxygen atoms in total. The van der Waals surface area contributed by atoms with Gasteiger partial charge in [-0.2, -0.15) is 0 Å². The van der Waals surface area contributed by atoms with E-state index in [-0.39, 0.29) is 0 Å². The average molecular weight is 361 g/mol. The first kappa shape index (κ1) is 16.8. The summed E-state index contributed by atoms with van der Waals surface area (Å²) in [6.45, 7) is 4.47. The topological polar surface area (TPSA) is 33.4 Å². The van der Waals surface area contributed by atoms with Crippen LogP contribution in [0.25, 0.3) is 5.65 Å². The van der Waals surface area contributed by atoms with Crippen LogP contribution in [0.2, 0.25) is 0 Å². The highest BCUT2D eigenvalue weighted by atomic mass is 15.3. The van der Waals surface area contributed by atoms with Gasteiger partial charge < -0.3 is 4.90 Å². The molecule has 2 fully saturated rings. The summed E-state index contributed by atoms with van der Waals surface area (Å²) in [5.41, 5.74) is 5.27. The van der Waals surface area contributed by atoms with Gasteiger partial charge in [0.05, 0.1) is 0 Å². The number of anilines is 1. The molecule has 1 saturated carbocycles. The summed E-state index contributed by atoms with van der Waals surface area (Å²) in [7, 11) is 0. The summed E-state index contributed by atoms with van der Waals surface area (Å²) in [5, 5.41) is 9.09. The maximum atomic E-state index is 4.57. The van der Waals surface area contributed by atoms with Gasteiger partial charge in [0.15, 0.2) is 5.65 Å². The molecule has 1 aromatic carbocycles. The second-order valence-corrected chi connectivity index (χ2v) is 8.16. The van der Waals surface area contributed by atoms with E-state index in [1.807, 2.05) is 0 Å². The molecule has 0 unspecified atom stereocenters. The zero-order chi connectivity index (χ0) is 18.2. The van der Waals surface area contributed by atoms with Crippen LogP contribution in [-0.4, -0.2) is 27.7 Å². The van der Waals surface area contributed by atoms with Crippen molar-refractivity contribution < 1.29 is 0 Å². The smallest absolute Gasteiger partial charge is 0.166 e. The molecular formula is C23H28N4. The number of piperidine rings is 1. The molecule has 0 radical (unpaired) electrons. The zero-order valence-electron chi connectivity index (χ0n) is 16.1. The van der Waals surface area contributed by atoms with Crippen molar-refractivity contribution in [2.24, 2.45) is 5.92 Å². The second kappa shape index (κ2) is 6.99. The number of nitrogens with zero attached hydrogens (tertiary/aromatic N) is 4. The fourth-order valence-electron chi connectivity index (χ4n) is 4.58. The lowest BCUT2D eigenvalue weighted by Crippen LogP contribution is -2.33. The fourth-order valence-corrected chi connectivity index (χ4v) is 4.58. The summed E-state index contributed by atoms with van der Waals surface area (Å²) in [5.74, 6) is 2.66. The lowest BCUT2D eigenvalue weighted by Gasteiger charge is -2.35. The van der Waals surface area contributed by atoms with Crippen LogP contribution in [-0.2, 0) is 12.8 Å². The van der Waals surface area contributed by atoms with Crippen molar-refractivity contribution in [3.05, 3.63) is 59.5 Å². The van der Waals surface area contributed by atoms with Crippen LogP contribution in [0.1, 0.15) is 55.5 Å². The molecule has 4 heteroatoms. The SMILES string of the molecule is CCc1c(N2CCC(c3ccccc3)CC2)ccn2c(CC3CC3)nnc12. The third-order valence-electron chi connectivity index (χ3n) is 6.36. The Balaban J connectivity index is 1.38. The van der Waals surface area contributed by atoms with Crippen LogP contribution in [0, 0.1) is 5.92 Å². The highest BCUT2D eigenvalue weighted by molar-refractivity contribution is 5.65. The molecule has 0 bridgehead atoms. The molecule has 140 valence electrons. The maximum Gasteiger partial charge on any atom is 0.166 e. The van der Waals surface area contributed by atoms with Gasteiger partial charge in [-0.25, -0.2) is 0 Å². The van der Waals surface area contributed by atoms with Crippen molar-refractivity contribution >= 4 is 11.3 Å². The molecular weight excluding hydrogens is 332 g/mol. The van der Waals surface area contributed by atoms with Gasteiger partial charge in [0, 0.05) is 37.0 Å². The number of hydrogen-bond acceptors (Lipinski definition) is 3. The van der Waals surface area contributed by atoms with E-state index < -0.39 is 0 Å². The van der Waals surface area contributed by atoms with Gasteiger partial charge in [0.2, 0.25) is 0 Å². The van der Waals surface area contributed by atoms with Gasteiger partial charge in [-0.15, -0.1) is 10.2 Å². The van der Waals surface area contributed by atoms with Crippen LogP contribution < -0.4 is 4.90 Å². The van der Waals surface area contributed by atoms with E-state index in [1.165, 1.54) is 42.5 Å². The Labute approximate surface area is 161 Å². The van der Waals surface area contributed by atoms with E-state index >= 15 is 0 Å². The van der Waals surface area contributed by atoms with E-state index in [0.717, 1.165) is 43.3 Å². The van der Waals surface area contributed by atoms with E-state index in [0.29, 0.717) is 5.92 Å². The Morgan fingerprint density at radius 2 is 1.74 bits per heavy atom. The van der Waals surface area contributed by atoms with Crippen molar-refractivity contribution in [2.45, 2.75) is 51.4 Å². The van der Waals surface area contributed by atoms with Crippen LogP contribution >= 0.6 is 0 Å². The molecule has 2 aromatic heterocycles. The number of hydrogen-bond donors (Lipinski definition) is 0. The summed E-state index contributed by atoms with van der Waals surface area (Å²) in [4.78, 5) is 2.56. The van der Waals surface area contributed by atoms with Crippen molar-refractivity contribution in [3.8, 4) is 0 Å². The Hall–Kier alpha value is -2.36. The zero-order valence-corrected chi connectivity index (χ0v) is 16.1. The molecule has 1 aliphatic carbocycles. The molecule has 3 aromatic rings. The van der Waals surface area contributed by atoms with E-state index in [9.17, 15) is 0 Å². The highest BCUT2D eigenvalue weighted by Gasteiger charge is 2.26. The minimum Gasteiger partial charge on any atom is -0.371 e.